The van der Waals surface area contributed by atoms with Crippen LogP contribution >= 0.6 is 0 Å². The van der Waals surface area contributed by atoms with Gasteiger partial charge in [0.15, 0.2) is 0 Å². The highest BCUT2D eigenvalue weighted by Crippen LogP contribution is 2.21. The van der Waals surface area contributed by atoms with Crippen LogP contribution in [0, 0.1) is 13.8 Å². The number of ether oxygens (including phenoxy) is 2. The van der Waals surface area contributed by atoms with E-state index in [4.69, 9.17) is 9.47 Å². The van der Waals surface area contributed by atoms with Gasteiger partial charge in [0.2, 0.25) is 5.88 Å². The zero-order chi connectivity index (χ0) is 19.4. The van der Waals surface area contributed by atoms with E-state index in [2.05, 4.69) is 9.97 Å². The third-order valence-corrected chi connectivity index (χ3v) is 4.52. The Balaban J connectivity index is 1.64. The van der Waals surface area contributed by atoms with Crippen molar-refractivity contribution in [2.24, 2.45) is 0 Å². The summed E-state index contributed by atoms with van der Waals surface area (Å²) in [6, 6.07) is 8.54. The highest BCUT2D eigenvalue weighted by Gasteiger charge is 2.27. The quantitative estimate of drug-likeness (QED) is 0.771. The molecular formula is C20H23N3O4. The summed E-state index contributed by atoms with van der Waals surface area (Å²) in [7, 11) is 1.31. The van der Waals surface area contributed by atoms with Crippen LogP contribution in [0.25, 0.3) is 0 Å². The van der Waals surface area contributed by atoms with Gasteiger partial charge in [0.25, 0.3) is 5.91 Å². The Hall–Kier alpha value is -2.96. The van der Waals surface area contributed by atoms with Crippen molar-refractivity contribution in [3.63, 3.8) is 0 Å². The minimum absolute atomic E-state index is 0.00130. The molecule has 0 N–H and O–H groups in total. The van der Waals surface area contributed by atoms with Crippen LogP contribution in [-0.2, 0) is 4.74 Å². The average Bonchev–Trinajstić information content (AvgIpc) is 2.66. The number of carbonyl (C=O) groups excluding carboxylic acids is 2. The number of aromatic nitrogens is 2. The van der Waals surface area contributed by atoms with E-state index >= 15 is 0 Å². The van der Waals surface area contributed by atoms with E-state index in [0.717, 1.165) is 5.69 Å². The number of esters is 1. The molecule has 0 unspecified atom stereocenters. The molecule has 0 radical (unpaired) electrons. The number of carbonyl (C=O) groups is 2. The van der Waals surface area contributed by atoms with Crippen molar-refractivity contribution in [3.8, 4) is 5.88 Å². The molecule has 2 heterocycles. The number of benzene rings is 1. The number of nitrogens with zero attached hydrogens (tertiary/aromatic N) is 3. The third-order valence-electron chi connectivity index (χ3n) is 4.52. The van der Waals surface area contributed by atoms with Gasteiger partial charge >= 0.3 is 5.97 Å². The maximum Gasteiger partial charge on any atom is 0.338 e. The molecule has 1 amide bonds. The van der Waals surface area contributed by atoms with Crippen molar-refractivity contribution in [2.75, 3.05) is 20.2 Å². The number of hydrogen-bond donors (Lipinski definition) is 0. The molecule has 7 heteroatoms. The summed E-state index contributed by atoms with van der Waals surface area (Å²) in [4.78, 5) is 35.1. The van der Waals surface area contributed by atoms with Gasteiger partial charge in [-0.3, -0.25) is 4.79 Å². The van der Waals surface area contributed by atoms with Crippen LogP contribution in [0.1, 0.15) is 45.1 Å². The van der Waals surface area contributed by atoms with Crippen LogP contribution in [-0.4, -0.2) is 53.0 Å². The number of amides is 1. The van der Waals surface area contributed by atoms with Crippen molar-refractivity contribution in [1.82, 2.24) is 14.9 Å². The van der Waals surface area contributed by atoms with Crippen LogP contribution in [0.5, 0.6) is 5.88 Å². The zero-order valence-electron chi connectivity index (χ0n) is 15.8. The Morgan fingerprint density at radius 1 is 1.07 bits per heavy atom. The summed E-state index contributed by atoms with van der Waals surface area (Å²) >= 11 is 0. The lowest BCUT2D eigenvalue weighted by Gasteiger charge is -2.32. The van der Waals surface area contributed by atoms with E-state index in [1.54, 1.807) is 29.2 Å². The molecule has 142 valence electrons. The molecule has 0 saturated carbocycles. The Labute approximate surface area is 158 Å². The second-order valence-corrected chi connectivity index (χ2v) is 6.54. The van der Waals surface area contributed by atoms with Crippen molar-refractivity contribution in [2.45, 2.75) is 32.8 Å². The first-order valence-corrected chi connectivity index (χ1v) is 8.93. The molecule has 1 aliphatic heterocycles. The highest BCUT2D eigenvalue weighted by molar-refractivity contribution is 6.05. The van der Waals surface area contributed by atoms with Crippen molar-refractivity contribution in [3.05, 3.63) is 53.0 Å². The van der Waals surface area contributed by atoms with Gasteiger partial charge in [0.1, 0.15) is 11.9 Å². The van der Waals surface area contributed by atoms with E-state index in [-0.39, 0.29) is 17.6 Å². The summed E-state index contributed by atoms with van der Waals surface area (Å²) < 4.78 is 10.7. The SMILES string of the molecule is COC(=O)c1ccccc1C(=O)N1CCC(Oc2cc(C)nc(C)n2)CC1. The molecule has 1 fully saturated rings. The first-order valence-electron chi connectivity index (χ1n) is 8.93. The lowest BCUT2D eigenvalue weighted by molar-refractivity contribution is 0.0552. The topological polar surface area (TPSA) is 81.6 Å². The minimum atomic E-state index is -0.508. The first-order chi connectivity index (χ1) is 13.0. The summed E-state index contributed by atoms with van der Waals surface area (Å²) in [5.41, 5.74) is 1.52. The molecule has 1 aromatic carbocycles. The van der Waals surface area contributed by atoms with Gasteiger partial charge in [-0.05, 0) is 26.0 Å². The molecule has 1 saturated heterocycles. The van der Waals surface area contributed by atoms with Gasteiger partial charge in [-0.1, -0.05) is 12.1 Å². The smallest absolute Gasteiger partial charge is 0.338 e. The van der Waals surface area contributed by atoms with Crippen molar-refractivity contribution >= 4 is 11.9 Å². The van der Waals surface area contributed by atoms with E-state index in [1.807, 2.05) is 19.9 Å². The van der Waals surface area contributed by atoms with Gasteiger partial charge in [0, 0.05) is 37.7 Å². The maximum atomic E-state index is 12.9. The normalized spacial score (nSPS) is 14.7. The molecule has 0 bridgehead atoms. The van der Waals surface area contributed by atoms with Gasteiger partial charge in [-0.2, -0.15) is 4.98 Å². The second-order valence-electron chi connectivity index (χ2n) is 6.54. The largest absolute Gasteiger partial charge is 0.474 e. The van der Waals surface area contributed by atoms with Crippen LogP contribution in [0.4, 0.5) is 0 Å². The van der Waals surface area contributed by atoms with Crippen molar-refractivity contribution < 1.29 is 19.1 Å². The maximum absolute atomic E-state index is 12.9. The van der Waals surface area contributed by atoms with Crippen LogP contribution in [0.3, 0.4) is 0 Å². The average molecular weight is 369 g/mol. The number of methoxy groups -OCH3 is 1. The Kier molecular flexibility index (Phi) is 5.69. The molecule has 0 spiro atoms. The first kappa shape index (κ1) is 18.8. The Morgan fingerprint density at radius 2 is 1.74 bits per heavy atom. The van der Waals surface area contributed by atoms with E-state index in [9.17, 15) is 9.59 Å². The van der Waals surface area contributed by atoms with Gasteiger partial charge < -0.3 is 14.4 Å². The summed E-state index contributed by atoms with van der Waals surface area (Å²) in [6.07, 6.45) is 1.40. The Morgan fingerprint density at radius 3 is 2.37 bits per heavy atom. The molecular weight excluding hydrogens is 346 g/mol. The minimum Gasteiger partial charge on any atom is -0.474 e. The number of likely N-dealkylation sites (tertiary alicyclic amines) is 1. The zero-order valence-corrected chi connectivity index (χ0v) is 15.8. The molecule has 1 aliphatic rings. The number of aryl methyl sites for hydroxylation is 2. The lowest BCUT2D eigenvalue weighted by Crippen LogP contribution is -2.42. The molecule has 0 atom stereocenters. The molecule has 3 rings (SSSR count). The predicted molar refractivity (Wildman–Crippen MR) is 98.8 cm³/mol. The van der Waals surface area contributed by atoms with Crippen LogP contribution < -0.4 is 4.74 Å². The Bertz CT molecular complexity index is 825. The fraction of sp³-hybridized carbons (Fsp3) is 0.400. The number of piperidine rings is 1. The van der Waals surface area contributed by atoms with E-state index < -0.39 is 5.97 Å². The molecule has 27 heavy (non-hydrogen) atoms. The molecule has 0 aliphatic carbocycles. The predicted octanol–water partition coefficient (Wildman–Crippen LogP) is 2.56. The fourth-order valence-corrected chi connectivity index (χ4v) is 3.22. The summed E-state index contributed by atoms with van der Waals surface area (Å²) in [5, 5.41) is 0. The van der Waals surface area contributed by atoms with Crippen molar-refractivity contribution in [1.29, 1.82) is 0 Å². The third kappa shape index (κ3) is 4.42. The van der Waals surface area contributed by atoms with Gasteiger partial charge in [-0.25, -0.2) is 9.78 Å². The number of rotatable bonds is 4. The van der Waals surface area contributed by atoms with Gasteiger partial charge in [0.05, 0.1) is 18.2 Å². The lowest BCUT2D eigenvalue weighted by atomic mass is 10.0. The summed E-state index contributed by atoms with van der Waals surface area (Å²) in [5.74, 6) is 0.577. The molecule has 2 aromatic rings. The second kappa shape index (κ2) is 8.16. The van der Waals surface area contributed by atoms with Gasteiger partial charge in [-0.15, -0.1) is 0 Å². The van der Waals surface area contributed by atoms with E-state index in [1.165, 1.54) is 7.11 Å². The standard InChI is InChI=1S/C20H23N3O4/c1-13-12-18(22-14(2)21-13)27-15-8-10-23(11-9-15)19(24)16-6-4-5-7-17(16)20(25)26-3/h4-7,12,15H,8-11H2,1-3H3. The van der Waals surface area contributed by atoms with Crippen LogP contribution in [0.2, 0.25) is 0 Å². The van der Waals surface area contributed by atoms with Crippen LogP contribution in [0.15, 0.2) is 30.3 Å². The summed E-state index contributed by atoms with van der Waals surface area (Å²) in [6.45, 7) is 4.85. The molecule has 7 nitrogen and oxygen atoms in total. The van der Waals surface area contributed by atoms with E-state index in [0.29, 0.717) is 43.2 Å². The molecule has 1 aromatic heterocycles. The highest BCUT2D eigenvalue weighted by atomic mass is 16.5. The fourth-order valence-electron chi connectivity index (χ4n) is 3.22. The monoisotopic (exact) mass is 369 g/mol. The number of hydrogen-bond acceptors (Lipinski definition) is 6.